The van der Waals surface area contributed by atoms with E-state index in [1.54, 1.807) is 0 Å². The first kappa shape index (κ1) is 16.6. The molecule has 0 unspecified atom stereocenters. The van der Waals surface area contributed by atoms with Gasteiger partial charge in [-0.25, -0.2) is 4.98 Å². The maximum Gasteiger partial charge on any atom is 0.227 e. The van der Waals surface area contributed by atoms with E-state index in [-0.39, 0.29) is 0 Å². The molecule has 138 valence electrons. The molecule has 0 aliphatic carbocycles. The highest BCUT2D eigenvalue weighted by Crippen LogP contribution is 2.38. The quantitative estimate of drug-likeness (QED) is 0.282. The fourth-order valence-corrected chi connectivity index (χ4v) is 4.37. The molecular formula is C25H15BrN2O. The van der Waals surface area contributed by atoms with Crippen LogP contribution in [-0.2, 0) is 0 Å². The summed E-state index contributed by atoms with van der Waals surface area (Å²) in [5.74, 6) is 0.638. The lowest BCUT2D eigenvalue weighted by atomic mass is 10.1. The van der Waals surface area contributed by atoms with Gasteiger partial charge in [-0.3, -0.25) is 0 Å². The van der Waals surface area contributed by atoms with Gasteiger partial charge in [0.25, 0.3) is 0 Å². The topological polar surface area (TPSA) is 31.0 Å². The van der Waals surface area contributed by atoms with Crippen LogP contribution in [0.2, 0.25) is 0 Å². The van der Waals surface area contributed by atoms with Crippen molar-refractivity contribution >= 4 is 48.8 Å². The standard InChI is InChI=1S/C25H15BrN2O/c26-17-11-13-21-20(15-17)19-12-14-22-23(24(19)28(21)18-9-5-2-6-10-18)27-25(29-22)16-7-3-1-4-8-16/h1-15H. The minimum absolute atomic E-state index is 0.638. The van der Waals surface area contributed by atoms with Crippen LogP contribution in [0.25, 0.3) is 50.0 Å². The Kier molecular flexibility index (Phi) is 3.61. The molecule has 0 aliphatic rings. The molecule has 2 heterocycles. The summed E-state index contributed by atoms with van der Waals surface area (Å²) in [6.07, 6.45) is 0. The van der Waals surface area contributed by atoms with Gasteiger partial charge in [-0.05, 0) is 54.6 Å². The highest BCUT2D eigenvalue weighted by molar-refractivity contribution is 9.10. The first-order valence-electron chi connectivity index (χ1n) is 9.44. The zero-order valence-corrected chi connectivity index (χ0v) is 16.9. The number of nitrogens with zero attached hydrogens (tertiary/aromatic N) is 2. The van der Waals surface area contributed by atoms with Crippen LogP contribution in [0.1, 0.15) is 0 Å². The lowest BCUT2D eigenvalue weighted by molar-refractivity contribution is 0.620. The Labute approximate surface area is 175 Å². The summed E-state index contributed by atoms with van der Waals surface area (Å²) in [4.78, 5) is 4.92. The van der Waals surface area contributed by atoms with Gasteiger partial charge in [0.1, 0.15) is 5.52 Å². The van der Waals surface area contributed by atoms with Crippen molar-refractivity contribution in [2.45, 2.75) is 0 Å². The Balaban J connectivity index is 1.78. The summed E-state index contributed by atoms with van der Waals surface area (Å²) in [5, 5.41) is 2.34. The van der Waals surface area contributed by atoms with Gasteiger partial charge < -0.3 is 8.98 Å². The van der Waals surface area contributed by atoms with Crippen molar-refractivity contribution in [3.8, 4) is 17.1 Å². The first-order valence-corrected chi connectivity index (χ1v) is 10.2. The fraction of sp³-hybridized carbons (Fsp3) is 0. The van der Waals surface area contributed by atoms with Crippen molar-refractivity contribution in [2.75, 3.05) is 0 Å². The molecule has 4 heteroatoms. The van der Waals surface area contributed by atoms with Crippen LogP contribution in [0.15, 0.2) is 99.9 Å². The minimum Gasteiger partial charge on any atom is -0.436 e. The van der Waals surface area contributed by atoms with Gasteiger partial charge in [-0.2, -0.15) is 0 Å². The summed E-state index contributed by atoms with van der Waals surface area (Å²) in [6, 6.07) is 31.0. The van der Waals surface area contributed by atoms with Crippen LogP contribution in [0.4, 0.5) is 0 Å². The maximum atomic E-state index is 6.14. The summed E-state index contributed by atoms with van der Waals surface area (Å²) in [7, 11) is 0. The number of aromatic nitrogens is 2. The number of oxazole rings is 1. The Morgan fingerprint density at radius 2 is 1.52 bits per heavy atom. The molecule has 0 fully saturated rings. The third-order valence-corrected chi connectivity index (χ3v) is 5.78. The number of para-hydroxylation sites is 1. The van der Waals surface area contributed by atoms with Gasteiger partial charge in [0.2, 0.25) is 5.89 Å². The average molecular weight is 439 g/mol. The molecule has 0 spiro atoms. The Morgan fingerprint density at radius 1 is 0.759 bits per heavy atom. The molecule has 6 rings (SSSR count). The van der Waals surface area contributed by atoms with E-state index in [2.05, 4.69) is 69.0 Å². The van der Waals surface area contributed by atoms with E-state index in [4.69, 9.17) is 9.40 Å². The third kappa shape index (κ3) is 2.53. The van der Waals surface area contributed by atoms with Crippen LogP contribution < -0.4 is 0 Å². The highest BCUT2D eigenvalue weighted by atomic mass is 79.9. The second kappa shape index (κ2) is 6.33. The van der Waals surface area contributed by atoms with Gasteiger partial charge >= 0.3 is 0 Å². The number of hydrogen-bond donors (Lipinski definition) is 0. The number of fused-ring (bicyclic) bond motifs is 5. The van der Waals surface area contributed by atoms with Crippen LogP contribution in [0.3, 0.4) is 0 Å². The SMILES string of the molecule is Brc1ccc2c(c1)c1ccc3oc(-c4ccccc4)nc3c1n2-c1ccccc1. The second-order valence-corrected chi connectivity index (χ2v) is 7.94. The predicted octanol–water partition coefficient (Wildman–Crippen LogP) is 7.35. The molecule has 29 heavy (non-hydrogen) atoms. The van der Waals surface area contributed by atoms with Gasteiger partial charge in [-0.1, -0.05) is 52.3 Å². The number of halogens is 1. The molecule has 0 N–H and O–H groups in total. The normalized spacial score (nSPS) is 11.6. The molecule has 0 bridgehead atoms. The summed E-state index contributed by atoms with van der Waals surface area (Å²) >= 11 is 3.62. The number of rotatable bonds is 2. The predicted molar refractivity (Wildman–Crippen MR) is 121 cm³/mol. The minimum atomic E-state index is 0.638. The van der Waals surface area contributed by atoms with E-state index >= 15 is 0 Å². The van der Waals surface area contributed by atoms with Crippen molar-refractivity contribution in [1.82, 2.24) is 9.55 Å². The average Bonchev–Trinajstić information content (AvgIpc) is 3.34. The van der Waals surface area contributed by atoms with Crippen molar-refractivity contribution < 1.29 is 4.42 Å². The fourth-order valence-electron chi connectivity index (χ4n) is 4.01. The van der Waals surface area contributed by atoms with E-state index in [0.29, 0.717) is 5.89 Å². The molecule has 0 amide bonds. The van der Waals surface area contributed by atoms with E-state index in [0.717, 1.165) is 43.2 Å². The molecular weight excluding hydrogens is 424 g/mol. The maximum absolute atomic E-state index is 6.14. The highest BCUT2D eigenvalue weighted by Gasteiger charge is 2.19. The summed E-state index contributed by atoms with van der Waals surface area (Å²) < 4.78 is 9.47. The smallest absolute Gasteiger partial charge is 0.227 e. The van der Waals surface area contributed by atoms with Crippen LogP contribution in [0, 0.1) is 0 Å². The summed E-state index contributed by atoms with van der Waals surface area (Å²) in [5.41, 5.74) is 5.94. The molecule has 4 aromatic carbocycles. The largest absolute Gasteiger partial charge is 0.436 e. The van der Waals surface area contributed by atoms with Crippen molar-refractivity contribution in [3.05, 3.63) is 95.5 Å². The van der Waals surface area contributed by atoms with Gasteiger partial charge in [-0.15, -0.1) is 0 Å². The number of hydrogen-bond acceptors (Lipinski definition) is 2. The van der Waals surface area contributed by atoms with Gasteiger partial charge in [0, 0.05) is 26.5 Å². The van der Waals surface area contributed by atoms with Gasteiger partial charge in [0.15, 0.2) is 5.58 Å². The van der Waals surface area contributed by atoms with Crippen LogP contribution >= 0.6 is 15.9 Å². The zero-order valence-electron chi connectivity index (χ0n) is 15.3. The molecule has 2 aromatic heterocycles. The van der Waals surface area contributed by atoms with Gasteiger partial charge in [0.05, 0.1) is 11.0 Å². The molecule has 0 atom stereocenters. The van der Waals surface area contributed by atoms with E-state index in [9.17, 15) is 0 Å². The third-order valence-electron chi connectivity index (χ3n) is 5.28. The van der Waals surface area contributed by atoms with Crippen LogP contribution in [-0.4, -0.2) is 9.55 Å². The molecule has 0 radical (unpaired) electrons. The lowest BCUT2D eigenvalue weighted by Gasteiger charge is -2.07. The monoisotopic (exact) mass is 438 g/mol. The van der Waals surface area contributed by atoms with Crippen molar-refractivity contribution in [3.63, 3.8) is 0 Å². The molecule has 0 saturated carbocycles. The summed E-state index contributed by atoms with van der Waals surface area (Å²) in [6.45, 7) is 0. The van der Waals surface area contributed by atoms with E-state index in [1.165, 1.54) is 5.39 Å². The van der Waals surface area contributed by atoms with Crippen LogP contribution in [0.5, 0.6) is 0 Å². The Bertz CT molecular complexity index is 1500. The molecule has 0 saturated heterocycles. The zero-order chi connectivity index (χ0) is 19.4. The number of benzene rings is 4. The van der Waals surface area contributed by atoms with Crippen molar-refractivity contribution in [1.29, 1.82) is 0 Å². The molecule has 3 nitrogen and oxygen atoms in total. The lowest BCUT2D eigenvalue weighted by Crippen LogP contribution is -1.93. The first-order chi connectivity index (χ1) is 14.3. The molecule has 0 aliphatic heterocycles. The Hall–Kier alpha value is -3.37. The second-order valence-electron chi connectivity index (χ2n) is 7.03. The van der Waals surface area contributed by atoms with E-state index < -0.39 is 0 Å². The molecule has 6 aromatic rings. The Morgan fingerprint density at radius 3 is 2.31 bits per heavy atom. The van der Waals surface area contributed by atoms with E-state index in [1.807, 2.05) is 42.5 Å². The van der Waals surface area contributed by atoms with Crippen molar-refractivity contribution in [2.24, 2.45) is 0 Å².